The predicted octanol–water partition coefficient (Wildman–Crippen LogP) is 2.78. The van der Waals surface area contributed by atoms with Crippen LogP contribution in [0.1, 0.15) is 11.1 Å². The van der Waals surface area contributed by atoms with Crippen LogP contribution in [0.3, 0.4) is 0 Å². The largest absolute Gasteiger partial charge is 0.348 e. The van der Waals surface area contributed by atoms with Crippen LogP contribution in [0.2, 0.25) is 0 Å². The Balaban J connectivity index is 1.61. The highest BCUT2D eigenvalue weighted by molar-refractivity contribution is 5.86. The molecular weight excluding hydrogens is 404 g/mol. The zero-order valence-corrected chi connectivity index (χ0v) is 18.2. The molecule has 0 saturated heterocycles. The monoisotopic (exact) mass is 428 g/mol. The molecule has 0 fully saturated rings. The van der Waals surface area contributed by atoms with Crippen molar-refractivity contribution in [3.8, 4) is 0 Å². The fourth-order valence-corrected chi connectivity index (χ4v) is 4.41. The number of anilines is 3. The number of pyridine rings is 1. The van der Waals surface area contributed by atoms with Crippen molar-refractivity contribution < 1.29 is 0 Å². The number of H-pyrrole nitrogens is 1. The summed E-state index contributed by atoms with van der Waals surface area (Å²) < 4.78 is 1.49. The van der Waals surface area contributed by atoms with Gasteiger partial charge in [0.2, 0.25) is 0 Å². The summed E-state index contributed by atoms with van der Waals surface area (Å²) in [6, 6.07) is 16.4. The molecule has 8 heteroatoms. The zero-order valence-electron chi connectivity index (χ0n) is 18.2. The van der Waals surface area contributed by atoms with Crippen LogP contribution in [0, 0.1) is 6.92 Å². The van der Waals surface area contributed by atoms with E-state index in [-0.39, 0.29) is 6.29 Å². The van der Waals surface area contributed by atoms with Gasteiger partial charge in [0, 0.05) is 38.7 Å². The molecule has 32 heavy (non-hydrogen) atoms. The highest BCUT2D eigenvalue weighted by Gasteiger charge is 2.38. The van der Waals surface area contributed by atoms with Crippen molar-refractivity contribution >= 4 is 28.0 Å². The summed E-state index contributed by atoms with van der Waals surface area (Å²) in [5.41, 5.74) is 2.79. The molecule has 1 aliphatic heterocycles. The van der Waals surface area contributed by atoms with Crippen molar-refractivity contribution in [2.45, 2.75) is 19.8 Å². The minimum absolute atomic E-state index is 0.366. The van der Waals surface area contributed by atoms with Gasteiger partial charge in [0.25, 0.3) is 5.56 Å². The normalized spacial score (nSPS) is 15.3. The van der Waals surface area contributed by atoms with Gasteiger partial charge in [0.1, 0.15) is 11.5 Å². The summed E-state index contributed by atoms with van der Waals surface area (Å²) in [6.07, 6.45) is 3.06. The number of rotatable bonds is 4. The average Bonchev–Trinajstić information content (AvgIpc) is 3.05. The quantitative estimate of drug-likeness (QED) is 0.520. The predicted molar refractivity (Wildman–Crippen MR) is 127 cm³/mol. The van der Waals surface area contributed by atoms with E-state index in [1.54, 1.807) is 19.4 Å². The molecule has 0 bridgehead atoms. The van der Waals surface area contributed by atoms with Crippen LogP contribution in [-0.4, -0.2) is 27.9 Å². The maximum atomic E-state index is 12.7. The lowest BCUT2D eigenvalue weighted by molar-refractivity contribution is 0.650. The van der Waals surface area contributed by atoms with Crippen molar-refractivity contribution in [2.75, 3.05) is 22.2 Å². The Labute approximate surface area is 184 Å². The lowest BCUT2D eigenvalue weighted by Crippen LogP contribution is -2.47. The second-order valence-electron chi connectivity index (χ2n) is 8.11. The molecule has 162 valence electrons. The van der Waals surface area contributed by atoms with Crippen LogP contribution in [0.4, 0.5) is 17.2 Å². The summed E-state index contributed by atoms with van der Waals surface area (Å²) >= 11 is 0. The van der Waals surface area contributed by atoms with E-state index in [2.05, 4.69) is 58.6 Å². The van der Waals surface area contributed by atoms with Crippen LogP contribution in [0.25, 0.3) is 10.8 Å². The number of fused-ring (bicyclic) bond motifs is 2. The molecule has 2 N–H and O–H groups in total. The first-order chi connectivity index (χ1) is 15.4. The van der Waals surface area contributed by atoms with Crippen LogP contribution < -0.4 is 26.4 Å². The van der Waals surface area contributed by atoms with Gasteiger partial charge < -0.3 is 15.1 Å². The van der Waals surface area contributed by atoms with Gasteiger partial charge in [-0.05, 0) is 47.0 Å². The summed E-state index contributed by atoms with van der Waals surface area (Å²) in [7, 11) is 3.53. The molecule has 0 spiro atoms. The van der Waals surface area contributed by atoms with Crippen molar-refractivity contribution in [2.24, 2.45) is 7.05 Å². The number of benzene rings is 2. The Bertz CT molecular complexity index is 1430. The van der Waals surface area contributed by atoms with E-state index in [4.69, 9.17) is 0 Å². The summed E-state index contributed by atoms with van der Waals surface area (Å²) in [5, 5.41) is 5.85. The molecule has 0 aliphatic carbocycles. The molecule has 5 rings (SSSR count). The van der Waals surface area contributed by atoms with Gasteiger partial charge in [0.05, 0.1) is 0 Å². The topological polar surface area (TPSA) is 86.3 Å². The first kappa shape index (κ1) is 19.9. The molecule has 2 aromatic heterocycles. The van der Waals surface area contributed by atoms with Crippen LogP contribution >= 0.6 is 0 Å². The highest BCUT2D eigenvalue weighted by atomic mass is 16.2. The Morgan fingerprint density at radius 3 is 2.62 bits per heavy atom. The molecule has 0 amide bonds. The van der Waals surface area contributed by atoms with Crippen molar-refractivity contribution in [3.05, 3.63) is 92.9 Å². The number of aryl methyl sites for hydroxylation is 1. The van der Waals surface area contributed by atoms with Crippen molar-refractivity contribution in [1.82, 2.24) is 14.5 Å². The van der Waals surface area contributed by atoms with Gasteiger partial charge >= 0.3 is 5.69 Å². The summed E-state index contributed by atoms with van der Waals surface area (Å²) in [6.45, 7) is 2.62. The second kappa shape index (κ2) is 7.56. The third kappa shape index (κ3) is 3.20. The van der Waals surface area contributed by atoms with E-state index < -0.39 is 11.2 Å². The van der Waals surface area contributed by atoms with Gasteiger partial charge in [-0.2, -0.15) is 0 Å². The number of hydrogen-bond donors (Lipinski definition) is 2. The molecule has 1 unspecified atom stereocenters. The number of nitrogens with zero attached hydrogens (tertiary/aromatic N) is 4. The summed E-state index contributed by atoms with van der Waals surface area (Å²) in [4.78, 5) is 35.5. The number of nitrogens with one attached hydrogen (secondary N) is 2. The Morgan fingerprint density at radius 2 is 1.84 bits per heavy atom. The lowest BCUT2D eigenvalue weighted by atomic mass is 10.0. The molecule has 8 nitrogen and oxygen atoms in total. The molecule has 1 aliphatic rings. The van der Waals surface area contributed by atoms with Gasteiger partial charge in [0.15, 0.2) is 6.29 Å². The number of hydrogen-bond acceptors (Lipinski definition) is 6. The van der Waals surface area contributed by atoms with E-state index in [0.717, 1.165) is 16.6 Å². The first-order valence-corrected chi connectivity index (χ1v) is 10.4. The van der Waals surface area contributed by atoms with Crippen molar-refractivity contribution in [1.29, 1.82) is 0 Å². The third-order valence-electron chi connectivity index (χ3n) is 6.05. The molecule has 1 atom stereocenters. The minimum atomic E-state index is -0.439. The second-order valence-corrected chi connectivity index (χ2v) is 8.11. The summed E-state index contributed by atoms with van der Waals surface area (Å²) in [5.74, 6) is 0.581. The maximum Gasteiger partial charge on any atom is 0.329 e. The lowest BCUT2D eigenvalue weighted by Gasteiger charge is -2.32. The Hall–Kier alpha value is -4.07. The average molecular weight is 428 g/mol. The molecule has 0 radical (unpaired) electrons. The van der Waals surface area contributed by atoms with E-state index >= 15 is 0 Å². The Morgan fingerprint density at radius 1 is 1.06 bits per heavy atom. The van der Waals surface area contributed by atoms with Gasteiger partial charge in [-0.15, -0.1) is 0 Å². The van der Waals surface area contributed by atoms with Crippen LogP contribution in [0.5, 0.6) is 0 Å². The Kier molecular flexibility index (Phi) is 4.70. The molecule has 0 saturated carbocycles. The fraction of sp³-hybridized carbons (Fsp3) is 0.208. The van der Waals surface area contributed by atoms with E-state index in [1.165, 1.54) is 15.5 Å². The highest BCUT2D eigenvalue weighted by Crippen LogP contribution is 2.36. The third-order valence-corrected chi connectivity index (χ3v) is 6.05. The standard InChI is InChI=1S/C24H24N6O2/c1-15-5-4-6-17-13-16(7-8-19(15)17)14-30-22-20(21(31)27-24(32)29(22)3)28(2)23(30)26-18-9-11-25-12-10-18/h4-13,23H,14H2,1-3H3,(H,25,26)(H,27,31,32). The van der Waals surface area contributed by atoms with Crippen molar-refractivity contribution in [3.63, 3.8) is 0 Å². The van der Waals surface area contributed by atoms with Crippen LogP contribution in [-0.2, 0) is 13.6 Å². The molecule has 4 aromatic rings. The molecule has 2 aromatic carbocycles. The number of aromatic nitrogens is 3. The van der Waals surface area contributed by atoms with E-state index in [0.29, 0.717) is 18.1 Å². The fourth-order valence-electron chi connectivity index (χ4n) is 4.41. The van der Waals surface area contributed by atoms with Gasteiger partial charge in [-0.3, -0.25) is 19.3 Å². The van der Waals surface area contributed by atoms with E-state index in [9.17, 15) is 9.59 Å². The van der Waals surface area contributed by atoms with Crippen LogP contribution in [0.15, 0.2) is 70.5 Å². The number of aromatic amines is 1. The molecule has 3 heterocycles. The SMILES string of the molecule is Cc1cccc2cc(CN3c4c(c(=O)[nH]c(=O)n4C)N(C)C3Nc3ccncc3)ccc12. The van der Waals surface area contributed by atoms with Gasteiger partial charge in [-0.1, -0.05) is 30.3 Å². The molecular formula is C24H24N6O2. The maximum absolute atomic E-state index is 12.7. The van der Waals surface area contributed by atoms with E-state index in [1.807, 2.05) is 29.0 Å². The minimum Gasteiger partial charge on any atom is -0.348 e. The first-order valence-electron chi connectivity index (χ1n) is 10.4. The smallest absolute Gasteiger partial charge is 0.329 e. The zero-order chi connectivity index (χ0) is 22.4. The van der Waals surface area contributed by atoms with Gasteiger partial charge in [-0.25, -0.2) is 4.79 Å².